The van der Waals surface area contributed by atoms with E-state index in [1.807, 2.05) is 0 Å². The van der Waals surface area contributed by atoms with E-state index in [0.29, 0.717) is 30.0 Å². The van der Waals surface area contributed by atoms with E-state index in [9.17, 15) is 0 Å². The number of rotatable bonds is 4. The van der Waals surface area contributed by atoms with Crippen LogP contribution in [0, 0.1) is 23.2 Å². The Labute approximate surface area is 190 Å². The lowest BCUT2D eigenvalue weighted by Crippen LogP contribution is -2.42. The molecule has 4 rings (SSSR count). The summed E-state index contributed by atoms with van der Waals surface area (Å²) in [5, 5.41) is 7.92. The molecule has 0 radical (unpaired) electrons. The van der Waals surface area contributed by atoms with Gasteiger partial charge in [-0.25, -0.2) is 0 Å². The van der Waals surface area contributed by atoms with Gasteiger partial charge in [0.05, 0.1) is 0 Å². The van der Waals surface area contributed by atoms with Crippen LogP contribution in [0.1, 0.15) is 95.1 Å². The Hall–Kier alpha value is -1.64. The molecule has 2 heteroatoms. The second-order valence-corrected chi connectivity index (χ2v) is 11.3. The van der Waals surface area contributed by atoms with Crippen LogP contribution in [-0.2, 0) is 0 Å². The molecular formula is C29H42N2. The average Bonchev–Trinajstić information content (AvgIpc) is 2.79. The molecule has 2 heterocycles. The first-order chi connectivity index (χ1) is 14.8. The molecule has 0 saturated carbocycles. The molecule has 0 bridgehead atoms. The maximum Gasteiger partial charge on any atom is 0.0359 e. The summed E-state index contributed by atoms with van der Waals surface area (Å²) >= 11 is 0. The van der Waals surface area contributed by atoms with Crippen LogP contribution < -0.4 is 10.6 Å². The van der Waals surface area contributed by atoms with Crippen molar-refractivity contribution in [3.8, 4) is 0 Å². The minimum Gasteiger partial charge on any atom is -0.310 e. The predicted molar refractivity (Wildman–Crippen MR) is 132 cm³/mol. The first kappa shape index (κ1) is 22.6. The summed E-state index contributed by atoms with van der Waals surface area (Å²) in [5.74, 6) is 2.08. The molecule has 2 aromatic rings. The molecule has 2 aromatic carbocycles. The summed E-state index contributed by atoms with van der Waals surface area (Å²) in [5.41, 5.74) is 4.65. The lowest BCUT2D eigenvalue weighted by Gasteiger charge is -2.44. The monoisotopic (exact) mass is 418 g/mol. The molecule has 2 fully saturated rings. The van der Waals surface area contributed by atoms with E-state index >= 15 is 0 Å². The third-order valence-corrected chi connectivity index (χ3v) is 7.86. The molecule has 2 aliphatic heterocycles. The smallest absolute Gasteiger partial charge is 0.0359 e. The third-order valence-electron chi connectivity index (χ3n) is 7.86. The van der Waals surface area contributed by atoms with Crippen LogP contribution >= 0.6 is 0 Å². The second kappa shape index (κ2) is 9.46. The van der Waals surface area contributed by atoms with Crippen molar-refractivity contribution in [2.45, 2.75) is 78.4 Å². The van der Waals surface area contributed by atoms with Crippen LogP contribution in [0.4, 0.5) is 0 Å². The zero-order valence-electron chi connectivity index (χ0n) is 20.2. The summed E-state index contributed by atoms with van der Waals surface area (Å²) in [6.07, 6.45) is 5.11. The van der Waals surface area contributed by atoms with Gasteiger partial charge in [0.25, 0.3) is 0 Å². The molecule has 0 amide bonds. The van der Waals surface area contributed by atoms with Gasteiger partial charge in [0.15, 0.2) is 0 Å². The zero-order chi connectivity index (χ0) is 22.0. The number of hydrogen-bond acceptors (Lipinski definition) is 2. The predicted octanol–water partition coefficient (Wildman–Crippen LogP) is 7.21. The van der Waals surface area contributed by atoms with Gasteiger partial charge in [-0.15, -0.1) is 0 Å². The second-order valence-electron chi connectivity index (χ2n) is 11.3. The van der Waals surface area contributed by atoms with Crippen LogP contribution in [0.2, 0.25) is 0 Å². The lowest BCUT2D eigenvalue weighted by atomic mass is 9.69. The SMILES string of the molecule is CC(C)[C@H]1CCCNC1c1cccc(C2CC[C@H](C(C)(C)C)[C@H](c3ccccc3)N2)c1. The van der Waals surface area contributed by atoms with E-state index in [1.54, 1.807) is 0 Å². The van der Waals surface area contributed by atoms with Gasteiger partial charge in [-0.2, -0.15) is 0 Å². The van der Waals surface area contributed by atoms with Gasteiger partial charge in [-0.3, -0.25) is 0 Å². The Bertz CT molecular complexity index is 835. The first-order valence-electron chi connectivity index (χ1n) is 12.5. The number of piperidine rings is 2. The van der Waals surface area contributed by atoms with Crippen molar-refractivity contribution in [2.75, 3.05) is 6.54 Å². The van der Waals surface area contributed by atoms with Crippen LogP contribution in [0.3, 0.4) is 0 Å². The summed E-state index contributed by atoms with van der Waals surface area (Å²) in [6, 6.07) is 21.9. The van der Waals surface area contributed by atoms with E-state index in [0.717, 1.165) is 12.5 Å². The maximum absolute atomic E-state index is 4.09. The van der Waals surface area contributed by atoms with Crippen molar-refractivity contribution in [2.24, 2.45) is 23.2 Å². The van der Waals surface area contributed by atoms with Crippen molar-refractivity contribution in [3.05, 3.63) is 71.3 Å². The summed E-state index contributed by atoms with van der Waals surface area (Å²) in [7, 11) is 0. The highest BCUT2D eigenvalue weighted by Gasteiger charge is 2.38. The van der Waals surface area contributed by atoms with E-state index in [4.69, 9.17) is 0 Å². The van der Waals surface area contributed by atoms with Crippen molar-refractivity contribution in [3.63, 3.8) is 0 Å². The van der Waals surface area contributed by atoms with Crippen molar-refractivity contribution in [1.82, 2.24) is 10.6 Å². The van der Waals surface area contributed by atoms with E-state index < -0.39 is 0 Å². The van der Waals surface area contributed by atoms with E-state index in [2.05, 4.69) is 99.8 Å². The van der Waals surface area contributed by atoms with Crippen LogP contribution in [0.15, 0.2) is 54.6 Å². The Morgan fingerprint density at radius 2 is 1.52 bits per heavy atom. The molecule has 2 aliphatic rings. The summed E-state index contributed by atoms with van der Waals surface area (Å²) < 4.78 is 0. The van der Waals surface area contributed by atoms with Crippen LogP contribution in [-0.4, -0.2) is 6.54 Å². The maximum atomic E-state index is 4.09. The molecule has 2 nitrogen and oxygen atoms in total. The van der Waals surface area contributed by atoms with Crippen molar-refractivity contribution < 1.29 is 0 Å². The van der Waals surface area contributed by atoms with Gasteiger partial charge in [0.2, 0.25) is 0 Å². The van der Waals surface area contributed by atoms with Gasteiger partial charge >= 0.3 is 0 Å². The van der Waals surface area contributed by atoms with E-state index in [-0.39, 0.29) is 5.41 Å². The fourth-order valence-corrected chi connectivity index (χ4v) is 6.08. The van der Waals surface area contributed by atoms with Crippen molar-refractivity contribution in [1.29, 1.82) is 0 Å². The topological polar surface area (TPSA) is 24.1 Å². The van der Waals surface area contributed by atoms with Crippen molar-refractivity contribution >= 4 is 0 Å². The largest absolute Gasteiger partial charge is 0.310 e. The van der Waals surface area contributed by atoms with Gasteiger partial charge in [0, 0.05) is 18.1 Å². The number of benzene rings is 2. The minimum absolute atomic E-state index is 0.289. The summed E-state index contributed by atoms with van der Waals surface area (Å²) in [4.78, 5) is 0. The lowest BCUT2D eigenvalue weighted by molar-refractivity contribution is 0.116. The Morgan fingerprint density at radius 1 is 0.806 bits per heavy atom. The number of hydrogen-bond donors (Lipinski definition) is 2. The minimum atomic E-state index is 0.289. The van der Waals surface area contributed by atoms with Gasteiger partial charge in [-0.05, 0) is 72.1 Å². The molecule has 5 atom stereocenters. The molecule has 31 heavy (non-hydrogen) atoms. The molecule has 2 saturated heterocycles. The van der Waals surface area contributed by atoms with Gasteiger partial charge in [-0.1, -0.05) is 89.2 Å². The van der Waals surface area contributed by atoms with Crippen LogP contribution in [0.25, 0.3) is 0 Å². The Kier molecular flexibility index (Phi) is 6.89. The summed E-state index contributed by atoms with van der Waals surface area (Å²) in [6.45, 7) is 13.1. The molecule has 0 spiro atoms. The quantitative estimate of drug-likeness (QED) is 0.548. The van der Waals surface area contributed by atoms with Gasteiger partial charge < -0.3 is 10.6 Å². The Balaban J connectivity index is 1.59. The molecular weight excluding hydrogens is 376 g/mol. The fourth-order valence-electron chi connectivity index (χ4n) is 6.08. The highest BCUT2D eigenvalue weighted by atomic mass is 15.0. The molecule has 168 valence electrons. The molecule has 0 aromatic heterocycles. The standard InChI is InChI=1S/C29H42N2/c1-20(2)24-15-10-18-30-27(24)23-14-9-13-22(19-23)26-17-16-25(29(3,4)5)28(31-26)21-11-7-6-8-12-21/h6-9,11-14,19-20,24-28,30-31H,10,15-18H2,1-5H3/t24-,25+,26?,27?,28+/m1/s1. The highest BCUT2D eigenvalue weighted by Crippen LogP contribution is 2.46. The molecule has 2 unspecified atom stereocenters. The van der Waals surface area contributed by atoms with Gasteiger partial charge in [0.1, 0.15) is 0 Å². The first-order valence-corrected chi connectivity index (χ1v) is 12.5. The highest BCUT2D eigenvalue weighted by molar-refractivity contribution is 5.31. The van der Waals surface area contributed by atoms with E-state index in [1.165, 1.54) is 42.4 Å². The fraction of sp³-hybridized carbons (Fsp3) is 0.586. The third kappa shape index (κ3) is 5.07. The zero-order valence-corrected chi connectivity index (χ0v) is 20.2. The molecule has 0 aliphatic carbocycles. The number of nitrogens with one attached hydrogen (secondary N) is 2. The molecule has 2 N–H and O–H groups in total. The average molecular weight is 419 g/mol. The Morgan fingerprint density at radius 3 is 2.23 bits per heavy atom. The normalized spacial score (nSPS) is 29.8. The van der Waals surface area contributed by atoms with Crippen LogP contribution in [0.5, 0.6) is 0 Å².